The molecule has 0 spiro atoms. The van der Waals surface area contributed by atoms with Gasteiger partial charge in [-0.1, -0.05) is 11.6 Å². The van der Waals surface area contributed by atoms with E-state index in [9.17, 15) is 14.3 Å². The first-order chi connectivity index (χ1) is 9.58. The topological polar surface area (TPSA) is 49.8 Å². The van der Waals surface area contributed by atoms with Gasteiger partial charge in [-0.15, -0.1) is 0 Å². The molecule has 6 heteroatoms. The SMILES string of the molecule is CC(C)(C)OC(=O)N1CC(O)(Cc2cc(Cl)ccc2F)C1. The van der Waals surface area contributed by atoms with Crippen molar-refractivity contribution in [2.45, 2.75) is 38.4 Å². The number of hydrogen-bond acceptors (Lipinski definition) is 3. The van der Waals surface area contributed by atoms with E-state index in [1.807, 2.05) is 0 Å². The van der Waals surface area contributed by atoms with Crippen molar-refractivity contribution in [2.24, 2.45) is 0 Å². The highest BCUT2D eigenvalue weighted by molar-refractivity contribution is 6.30. The van der Waals surface area contributed by atoms with Gasteiger partial charge in [0.15, 0.2) is 0 Å². The Labute approximate surface area is 128 Å². The average Bonchev–Trinajstić information content (AvgIpc) is 2.28. The molecule has 1 aromatic carbocycles. The number of hydrogen-bond donors (Lipinski definition) is 1. The molecule has 1 heterocycles. The molecule has 0 aromatic heterocycles. The lowest BCUT2D eigenvalue weighted by molar-refractivity contribution is -0.0976. The molecule has 1 aliphatic heterocycles. The number of amides is 1. The Balaban J connectivity index is 1.95. The number of halogens is 2. The first kappa shape index (κ1) is 16.0. The zero-order valence-electron chi connectivity index (χ0n) is 12.3. The Morgan fingerprint density at radius 1 is 1.48 bits per heavy atom. The number of carbonyl (C=O) groups excluding carboxylic acids is 1. The van der Waals surface area contributed by atoms with Crippen LogP contribution in [0, 0.1) is 5.82 Å². The third-order valence-electron chi connectivity index (χ3n) is 3.15. The predicted molar refractivity (Wildman–Crippen MR) is 77.9 cm³/mol. The minimum atomic E-state index is -1.14. The van der Waals surface area contributed by atoms with E-state index in [2.05, 4.69) is 0 Å². The van der Waals surface area contributed by atoms with Crippen LogP contribution in [0.25, 0.3) is 0 Å². The van der Waals surface area contributed by atoms with Crippen LogP contribution >= 0.6 is 11.6 Å². The molecule has 0 saturated carbocycles. The minimum absolute atomic E-state index is 0.110. The van der Waals surface area contributed by atoms with Gasteiger partial charge < -0.3 is 14.7 Å². The summed E-state index contributed by atoms with van der Waals surface area (Å²) >= 11 is 5.83. The van der Waals surface area contributed by atoms with E-state index in [0.717, 1.165) is 0 Å². The van der Waals surface area contributed by atoms with Crippen LogP contribution in [-0.4, -0.2) is 40.4 Å². The lowest BCUT2D eigenvalue weighted by Gasteiger charge is -2.46. The summed E-state index contributed by atoms with van der Waals surface area (Å²) in [4.78, 5) is 13.2. The Kier molecular flexibility index (Phi) is 4.17. The van der Waals surface area contributed by atoms with Crippen molar-refractivity contribution in [3.05, 3.63) is 34.6 Å². The standard InChI is InChI=1S/C15H19ClFNO3/c1-14(2,3)21-13(19)18-8-15(20,9-18)7-10-6-11(16)4-5-12(10)17/h4-6,20H,7-9H2,1-3H3. The smallest absolute Gasteiger partial charge is 0.410 e. The quantitative estimate of drug-likeness (QED) is 0.912. The maximum absolute atomic E-state index is 13.7. The molecule has 1 saturated heterocycles. The van der Waals surface area contributed by atoms with Crippen molar-refractivity contribution < 1.29 is 19.0 Å². The highest BCUT2D eigenvalue weighted by atomic mass is 35.5. The number of likely N-dealkylation sites (tertiary alicyclic amines) is 1. The van der Waals surface area contributed by atoms with Gasteiger partial charge in [0.1, 0.15) is 17.0 Å². The molecule has 0 bridgehead atoms. The maximum Gasteiger partial charge on any atom is 0.410 e. The second kappa shape index (κ2) is 5.46. The van der Waals surface area contributed by atoms with Crippen LogP contribution in [0.2, 0.25) is 5.02 Å². The molecule has 1 amide bonds. The first-order valence-electron chi connectivity index (χ1n) is 6.72. The summed E-state index contributed by atoms with van der Waals surface area (Å²) in [7, 11) is 0. The third-order valence-corrected chi connectivity index (χ3v) is 3.38. The summed E-state index contributed by atoms with van der Waals surface area (Å²) < 4.78 is 18.9. The lowest BCUT2D eigenvalue weighted by Crippen LogP contribution is -2.65. The van der Waals surface area contributed by atoms with Crippen molar-refractivity contribution >= 4 is 17.7 Å². The van der Waals surface area contributed by atoms with E-state index in [4.69, 9.17) is 16.3 Å². The number of ether oxygens (including phenoxy) is 1. The molecular formula is C15H19ClFNO3. The van der Waals surface area contributed by atoms with Crippen LogP contribution in [0.1, 0.15) is 26.3 Å². The fourth-order valence-electron chi connectivity index (χ4n) is 2.26. The zero-order chi connectivity index (χ0) is 15.8. The van der Waals surface area contributed by atoms with E-state index in [1.54, 1.807) is 20.8 Å². The third kappa shape index (κ3) is 4.08. The van der Waals surface area contributed by atoms with E-state index in [0.29, 0.717) is 10.6 Å². The molecule has 1 N–H and O–H groups in total. The minimum Gasteiger partial charge on any atom is -0.444 e. The first-order valence-corrected chi connectivity index (χ1v) is 7.10. The molecule has 0 aliphatic carbocycles. The summed E-state index contributed by atoms with van der Waals surface area (Å²) in [6.07, 6.45) is -0.364. The van der Waals surface area contributed by atoms with Gasteiger partial charge >= 0.3 is 6.09 Å². The van der Waals surface area contributed by atoms with Crippen molar-refractivity contribution in [3.63, 3.8) is 0 Å². The van der Waals surface area contributed by atoms with Crippen molar-refractivity contribution in [3.8, 4) is 0 Å². The molecule has 2 rings (SSSR count). The molecule has 1 fully saturated rings. The highest BCUT2D eigenvalue weighted by Gasteiger charge is 2.45. The summed E-state index contributed by atoms with van der Waals surface area (Å²) in [6, 6.07) is 4.22. The van der Waals surface area contributed by atoms with E-state index >= 15 is 0 Å². The second-order valence-corrected chi connectivity index (χ2v) is 6.91. The Morgan fingerprint density at radius 3 is 2.67 bits per heavy atom. The summed E-state index contributed by atoms with van der Waals surface area (Å²) in [5.41, 5.74) is -1.37. The van der Waals surface area contributed by atoms with Gasteiger partial charge in [0, 0.05) is 11.4 Å². The molecule has 1 aliphatic rings. The average molecular weight is 316 g/mol. The van der Waals surface area contributed by atoms with Crippen LogP contribution in [-0.2, 0) is 11.2 Å². The van der Waals surface area contributed by atoms with Gasteiger partial charge in [-0.3, -0.25) is 0 Å². The van der Waals surface area contributed by atoms with Crippen molar-refractivity contribution in [1.29, 1.82) is 0 Å². The van der Waals surface area contributed by atoms with Crippen LogP contribution in [0.15, 0.2) is 18.2 Å². The number of nitrogens with zero attached hydrogens (tertiary/aromatic N) is 1. The van der Waals surface area contributed by atoms with Gasteiger partial charge in [0.25, 0.3) is 0 Å². The van der Waals surface area contributed by atoms with E-state index < -0.39 is 23.1 Å². The largest absolute Gasteiger partial charge is 0.444 e. The van der Waals surface area contributed by atoms with Gasteiger partial charge in [-0.05, 0) is 44.5 Å². The van der Waals surface area contributed by atoms with Crippen LogP contribution < -0.4 is 0 Å². The molecule has 0 unspecified atom stereocenters. The summed E-state index contributed by atoms with van der Waals surface area (Å²) in [5, 5.41) is 10.8. The Hall–Kier alpha value is -1.33. The highest BCUT2D eigenvalue weighted by Crippen LogP contribution is 2.28. The number of carbonyl (C=O) groups is 1. The monoisotopic (exact) mass is 315 g/mol. The summed E-state index contributed by atoms with van der Waals surface area (Å²) in [5.74, 6) is -0.413. The number of β-amino-alcohol motifs (C(OH)–C–C–N with tert-alkyl or cyclic N) is 1. The van der Waals surface area contributed by atoms with E-state index in [-0.39, 0.29) is 19.5 Å². The van der Waals surface area contributed by atoms with Gasteiger partial charge in [0.05, 0.1) is 13.1 Å². The van der Waals surface area contributed by atoms with Crippen LogP contribution in [0.5, 0.6) is 0 Å². The Morgan fingerprint density at radius 2 is 2.10 bits per heavy atom. The van der Waals surface area contributed by atoms with Crippen LogP contribution in [0.3, 0.4) is 0 Å². The van der Waals surface area contributed by atoms with E-state index in [1.165, 1.54) is 23.1 Å². The van der Waals surface area contributed by atoms with Gasteiger partial charge in [0.2, 0.25) is 0 Å². The van der Waals surface area contributed by atoms with Gasteiger partial charge in [-0.25, -0.2) is 9.18 Å². The Bertz CT molecular complexity index is 550. The maximum atomic E-state index is 13.7. The lowest BCUT2D eigenvalue weighted by atomic mass is 9.87. The fraction of sp³-hybridized carbons (Fsp3) is 0.533. The molecule has 116 valence electrons. The second-order valence-electron chi connectivity index (χ2n) is 6.47. The van der Waals surface area contributed by atoms with Crippen molar-refractivity contribution in [1.82, 2.24) is 4.90 Å². The number of aliphatic hydroxyl groups is 1. The predicted octanol–water partition coefficient (Wildman–Crippen LogP) is 3.00. The zero-order valence-corrected chi connectivity index (χ0v) is 13.1. The fourth-order valence-corrected chi connectivity index (χ4v) is 2.46. The molecular weight excluding hydrogens is 297 g/mol. The number of benzene rings is 1. The summed E-state index contributed by atoms with van der Waals surface area (Å²) in [6.45, 7) is 5.57. The van der Waals surface area contributed by atoms with Crippen LogP contribution in [0.4, 0.5) is 9.18 Å². The van der Waals surface area contributed by atoms with Crippen molar-refractivity contribution in [2.75, 3.05) is 13.1 Å². The normalized spacial score (nSPS) is 17.3. The van der Waals surface area contributed by atoms with Gasteiger partial charge in [-0.2, -0.15) is 0 Å². The molecule has 0 radical (unpaired) electrons. The molecule has 0 atom stereocenters. The molecule has 1 aromatic rings. The molecule has 21 heavy (non-hydrogen) atoms. The molecule has 4 nitrogen and oxygen atoms in total. The number of rotatable bonds is 2.